The normalized spacial score (nSPS) is 12.3. The quantitative estimate of drug-likeness (QED) is 0.370. The lowest BCUT2D eigenvalue weighted by Crippen LogP contribution is -2.27. The van der Waals surface area contributed by atoms with Crippen molar-refractivity contribution in [2.24, 2.45) is 0 Å². The molecule has 0 aliphatic rings. The lowest BCUT2D eigenvalue weighted by molar-refractivity contribution is -0.117. The summed E-state index contributed by atoms with van der Waals surface area (Å²) in [6.45, 7) is 1.89. The van der Waals surface area contributed by atoms with Crippen molar-refractivity contribution in [2.45, 2.75) is 13.0 Å². The first-order valence-electron chi connectivity index (χ1n) is 9.58. The summed E-state index contributed by atoms with van der Waals surface area (Å²) in [5.74, 6) is 0.240. The molecule has 1 unspecified atom stereocenters. The highest BCUT2D eigenvalue weighted by atomic mass is 16.5. The summed E-state index contributed by atoms with van der Waals surface area (Å²) in [6, 6.07) is 26.6. The summed E-state index contributed by atoms with van der Waals surface area (Å²) in [7, 11) is 0. The molecule has 3 aromatic carbocycles. The molecule has 4 rings (SSSR count). The first kappa shape index (κ1) is 19.2. The number of benzene rings is 3. The van der Waals surface area contributed by atoms with Crippen LogP contribution in [0.2, 0.25) is 0 Å². The molecular formula is C25H19N3O2. The van der Waals surface area contributed by atoms with E-state index in [0.29, 0.717) is 11.3 Å². The van der Waals surface area contributed by atoms with Crippen molar-refractivity contribution >= 4 is 22.9 Å². The number of carbonyl (C=O) groups is 1. The van der Waals surface area contributed by atoms with Crippen LogP contribution in [0.5, 0.6) is 0 Å². The molecule has 4 aromatic rings. The molecule has 1 N–H and O–H groups in total. The maximum atomic E-state index is 12.6. The Balaban J connectivity index is 1.62. The maximum Gasteiger partial charge on any atom is 0.262 e. The third-order valence-electron chi connectivity index (χ3n) is 4.86. The van der Waals surface area contributed by atoms with Crippen molar-refractivity contribution in [3.05, 3.63) is 95.6 Å². The van der Waals surface area contributed by atoms with Crippen LogP contribution >= 0.6 is 0 Å². The van der Waals surface area contributed by atoms with Crippen LogP contribution in [0, 0.1) is 11.3 Å². The Labute approximate surface area is 174 Å². The van der Waals surface area contributed by atoms with E-state index in [4.69, 9.17) is 4.52 Å². The van der Waals surface area contributed by atoms with Crippen LogP contribution in [0.25, 0.3) is 28.3 Å². The van der Waals surface area contributed by atoms with Gasteiger partial charge in [-0.1, -0.05) is 71.9 Å². The molecule has 30 heavy (non-hydrogen) atoms. The van der Waals surface area contributed by atoms with Gasteiger partial charge in [0.2, 0.25) is 0 Å². The first-order valence-corrected chi connectivity index (χ1v) is 9.58. The molecule has 1 amide bonds. The second-order valence-corrected chi connectivity index (χ2v) is 6.93. The average Bonchev–Trinajstić information content (AvgIpc) is 3.21. The van der Waals surface area contributed by atoms with E-state index in [1.807, 2.05) is 91.9 Å². The van der Waals surface area contributed by atoms with Gasteiger partial charge in [-0.25, -0.2) is 0 Å². The number of amides is 1. The van der Waals surface area contributed by atoms with Crippen LogP contribution in [0.15, 0.2) is 89.0 Å². The van der Waals surface area contributed by atoms with Crippen molar-refractivity contribution in [3.8, 4) is 17.4 Å². The summed E-state index contributed by atoms with van der Waals surface area (Å²) in [5, 5.41) is 17.3. The first-order chi connectivity index (χ1) is 14.7. The van der Waals surface area contributed by atoms with Gasteiger partial charge in [0.15, 0.2) is 5.76 Å². The lowest BCUT2D eigenvalue weighted by Gasteiger charge is -2.13. The largest absolute Gasteiger partial charge is 0.355 e. The van der Waals surface area contributed by atoms with Gasteiger partial charge in [0, 0.05) is 5.56 Å². The minimum atomic E-state index is -0.414. The standard InChI is InChI=1S/C25H19N3O2/c1-17(19-8-4-2-5-9-19)27-25(29)21(16-26)14-18-12-13-23-22(15-18)24(30-28-23)20-10-6-3-7-11-20/h2-15,17H,1H3,(H,27,29)/b21-14+. The summed E-state index contributed by atoms with van der Waals surface area (Å²) in [5.41, 5.74) is 3.36. The minimum Gasteiger partial charge on any atom is -0.355 e. The van der Waals surface area contributed by atoms with Gasteiger partial charge >= 0.3 is 0 Å². The lowest BCUT2D eigenvalue weighted by atomic mass is 10.0. The maximum absolute atomic E-state index is 12.6. The molecule has 1 atom stereocenters. The van der Waals surface area contributed by atoms with E-state index in [1.165, 1.54) is 0 Å². The molecule has 5 heteroatoms. The number of nitrogens with zero attached hydrogens (tertiary/aromatic N) is 2. The highest BCUT2D eigenvalue weighted by Crippen LogP contribution is 2.29. The highest BCUT2D eigenvalue weighted by Gasteiger charge is 2.15. The van der Waals surface area contributed by atoms with Crippen LogP contribution in [0.1, 0.15) is 24.1 Å². The fraction of sp³-hybridized carbons (Fsp3) is 0.0800. The third kappa shape index (κ3) is 3.98. The second-order valence-electron chi connectivity index (χ2n) is 6.93. The van der Waals surface area contributed by atoms with Gasteiger partial charge in [0.05, 0.1) is 11.4 Å². The number of hydrogen-bond donors (Lipinski definition) is 1. The Hall–Kier alpha value is -4.17. The Kier molecular flexibility index (Phi) is 5.40. The molecule has 0 radical (unpaired) electrons. The van der Waals surface area contributed by atoms with Crippen LogP contribution in [-0.2, 0) is 4.79 Å². The van der Waals surface area contributed by atoms with Gasteiger partial charge < -0.3 is 9.84 Å². The number of carbonyl (C=O) groups excluding carboxylic acids is 1. The second kappa shape index (κ2) is 8.46. The number of nitrogens with one attached hydrogen (secondary N) is 1. The summed E-state index contributed by atoms with van der Waals surface area (Å²) in [6.07, 6.45) is 1.58. The number of aromatic nitrogens is 1. The van der Waals surface area contributed by atoms with E-state index < -0.39 is 5.91 Å². The monoisotopic (exact) mass is 393 g/mol. The van der Waals surface area contributed by atoms with Crippen molar-refractivity contribution < 1.29 is 9.32 Å². The zero-order chi connectivity index (χ0) is 20.9. The topological polar surface area (TPSA) is 78.9 Å². The van der Waals surface area contributed by atoms with Gasteiger partial charge in [-0.2, -0.15) is 5.26 Å². The Morgan fingerprint density at radius 1 is 1.07 bits per heavy atom. The van der Waals surface area contributed by atoms with Gasteiger partial charge in [0.1, 0.15) is 17.2 Å². The Morgan fingerprint density at radius 2 is 1.77 bits per heavy atom. The molecule has 0 saturated heterocycles. The van der Waals surface area contributed by atoms with Crippen LogP contribution in [-0.4, -0.2) is 11.1 Å². The molecule has 5 nitrogen and oxygen atoms in total. The van der Waals surface area contributed by atoms with Gasteiger partial charge in [0.25, 0.3) is 5.91 Å². The number of rotatable bonds is 5. The van der Waals surface area contributed by atoms with Gasteiger partial charge in [-0.05, 0) is 36.3 Å². The zero-order valence-electron chi connectivity index (χ0n) is 16.4. The summed E-state index contributed by atoms with van der Waals surface area (Å²) < 4.78 is 5.52. The van der Waals surface area contributed by atoms with E-state index in [2.05, 4.69) is 10.5 Å². The van der Waals surface area contributed by atoms with Crippen molar-refractivity contribution in [1.82, 2.24) is 10.5 Å². The molecule has 146 valence electrons. The molecule has 0 fully saturated rings. The fourth-order valence-electron chi connectivity index (χ4n) is 3.26. The number of hydrogen-bond acceptors (Lipinski definition) is 4. The van der Waals surface area contributed by atoms with Crippen LogP contribution in [0.3, 0.4) is 0 Å². The SMILES string of the molecule is CC(NC(=O)/C(C#N)=C/c1ccc2noc(-c3ccccc3)c2c1)c1ccccc1. The molecule has 0 saturated carbocycles. The third-order valence-corrected chi connectivity index (χ3v) is 4.86. The number of fused-ring (bicyclic) bond motifs is 1. The van der Waals surface area contributed by atoms with E-state index in [0.717, 1.165) is 22.1 Å². The highest BCUT2D eigenvalue weighted by molar-refractivity contribution is 6.02. The molecule has 0 spiro atoms. The molecule has 0 aliphatic carbocycles. The Bertz CT molecular complexity index is 1250. The van der Waals surface area contributed by atoms with E-state index in [-0.39, 0.29) is 11.6 Å². The fourth-order valence-corrected chi connectivity index (χ4v) is 3.26. The van der Waals surface area contributed by atoms with Gasteiger partial charge in [-0.15, -0.1) is 0 Å². The Morgan fingerprint density at radius 3 is 2.47 bits per heavy atom. The van der Waals surface area contributed by atoms with Crippen LogP contribution in [0.4, 0.5) is 0 Å². The smallest absolute Gasteiger partial charge is 0.262 e. The summed E-state index contributed by atoms with van der Waals surface area (Å²) in [4.78, 5) is 12.6. The van der Waals surface area contributed by atoms with Crippen molar-refractivity contribution in [2.75, 3.05) is 0 Å². The van der Waals surface area contributed by atoms with Crippen molar-refractivity contribution in [3.63, 3.8) is 0 Å². The molecule has 1 heterocycles. The zero-order valence-corrected chi connectivity index (χ0v) is 16.4. The van der Waals surface area contributed by atoms with Crippen LogP contribution < -0.4 is 5.32 Å². The molecule has 0 aliphatic heterocycles. The summed E-state index contributed by atoms with van der Waals surface area (Å²) >= 11 is 0. The predicted molar refractivity (Wildman–Crippen MR) is 116 cm³/mol. The molecule has 0 bridgehead atoms. The molecular weight excluding hydrogens is 374 g/mol. The van der Waals surface area contributed by atoms with Gasteiger partial charge in [-0.3, -0.25) is 4.79 Å². The minimum absolute atomic E-state index is 0.0369. The number of nitriles is 1. The average molecular weight is 393 g/mol. The van der Waals surface area contributed by atoms with E-state index in [1.54, 1.807) is 6.08 Å². The van der Waals surface area contributed by atoms with E-state index >= 15 is 0 Å². The van der Waals surface area contributed by atoms with Crippen molar-refractivity contribution in [1.29, 1.82) is 5.26 Å². The predicted octanol–water partition coefficient (Wildman–Crippen LogP) is 5.28. The molecule has 1 aromatic heterocycles. The van der Waals surface area contributed by atoms with E-state index in [9.17, 15) is 10.1 Å².